The molecule has 0 radical (unpaired) electrons. The van der Waals surface area contributed by atoms with Crippen LogP contribution in [0.15, 0.2) is 48.5 Å². The molecule has 2 atom stereocenters. The Morgan fingerprint density at radius 1 is 1.23 bits per heavy atom. The number of amides is 1. The molecule has 0 saturated carbocycles. The topological polar surface area (TPSA) is 46.4 Å². The van der Waals surface area contributed by atoms with Gasteiger partial charge in [0.2, 0.25) is 0 Å². The standard InChI is InChI=1S/C20H20FN3OS/c21-15-7-9-16(10-8-15)22-19(25)13-24-11-3-4-14(12-24)20-23-17-5-1-2-6-18(17)26-20/h1-2,5-10,14H,3-4,11-13H2,(H,22,25)/p+1/t14-/m1/s1. The maximum atomic E-state index is 13.0. The number of para-hydroxylation sites is 1. The smallest absolute Gasteiger partial charge is 0.279 e. The van der Waals surface area contributed by atoms with E-state index < -0.39 is 0 Å². The fraction of sp³-hybridized carbons (Fsp3) is 0.300. The van der Waals surface area contributed by atoms with Gasteiger partial charge in [0, 0.05) is 5.69 Å². The summed E-state index contributed by atoms with van der Waals surface area (Å²) in [5.74, 6) is 0.0784. The zero-order valence-corrected chi connectivity index (χ0v) is 15.2. The number of hydrogen-bond acceptors (Lipinski definition) is 3. The summed E-state index contributed by atoms with van der Waals surface area (Å²) in [7, 11) is 0. The third-order valence-corrected chi connectivity index (χ3v) is 6.02. The third kappa shape index (κ3) is 3.92. The molecule has 1 aliphatic heterocycles. The van der Waals surface area contributed by atoms with Crippen molar-refractivity contribution in [3.8, 4) is 0 Å². The molecule has 1 unspecified atom stereocenters. The second-order valence-corrected chi connectivity index (χ2v) is 7.86. The number of hydrogen-bond donors (Lipinski definition) is 2. The number of rotatable bonds is 4. The van der Waals surface area contributed by atoms with Crippen LogP contribution in [-0.4, -0.2) is 30.5 Å². The maximum absolute atomic E-state index is 13.0. The Morgan fingerprint density at radius 2 is 2.04 bits per heavy atom. The zero-order valence-electron chi connectivity index (χ0n) is 14.4. The summed E-state index contributed by atoms with van der Waals surface area (Å²) in [4.78, 5) is 18.4. The van der Waals surface area contributed by atoms with Crippen molar-refractivity contribution in [3.63, 3.8) is 0 Å². The molecule has 1 amide bonds. The Bertz CT molecular complexity index is 876. The number of likely N-dealkylation sites (tertiary alicyclic amines) is 1. The van der Waals surface area contributed by atoms with E-state index in [0.29, 0.717) is 18.2 Å². The van der Waals surface area contributed by atoms with Crippen LogP contribution in [0.5, 0.6) is 0 Å². The number of carbonyl (C=O) groups excluding carboxylic acids is 1. The summed E-state index contributed by atoms with van der Waals surface area (Å²) in [5.41, 5.74) is 1.70. The first kappa shape index (κ1) is 17.1. The van der Waals surface area contributed by atoms with Crippen molar-refractivity contribution >= 4 is 33.1 Å². The van der Waals surface area contributed by atoms with E-state index in [-0.39, 0.29) is 11.7 Å². The summed E-state index contributed by atoms with van der Waals surface area (Å²) in [6.07, 6.45) is 2.22. The molecule has 3 aromatic rings. The van der Waals surface area contributed by atoms with Crippen LogP contribution < -0.4 is 10.2 Å². The van der Waals surface area contributed by atoms with Crippen LogP contribution in [0.25, 0.3) is 10.2 Å². The largest absolute Gasteiger partial charge is 0.327 e. The highest BCUT2D eigenvalue weighted by atomic mass is 32.1. The first-order valence-electron chi connectivity index (χ1n) is 8.92. The van der Waals surface area contributed by atoms with Crippen LogP contribution in [0.4, 0.5) is 10.1 Å². The van der Waals surface area contributed by atoms with Gasteiger partial charge in [-0.05, 0) is 49.2 Å². The minimum absolute atomic E-state index is 0.0310. The lowest BCUT2D eigenvalue weighted by atomic mass is 9.99. The lowest BCUT2D eigenvalue weighted by Gasteiger charge is -2.28. The summed E-state index contributed by atoms with van der Waals surface area (Å²) in [6, 6.07) is 14.1. The van der Waals surface area contributed by atoms with E-state index >= 15 is 0 Å². The van der Waals surface area contributed by atoms with Gasteiger partial charge in [-0.1, -0.05) is 12.1 Å². The van der Waals surface area contributed by atoms with Crippen molar-refractivity contribution in [3.05, 3.63) is 59.4 Å². The number of aromatic nitrogens is 1. The molecule has 6 heteroatoms. The van der Waals surface area contributed by atoms with Gasteiger partial charge in [-0.25, -0.2) is 9.37 Å². The molecule has 134 valence electrons. The number of quaternary nitrogens is 1. The first-order valence-corrected chi connectivity index (χ1v) is 9.73. The van der Waals surface area contributed by atoms with Gasteiger partial charge in [-0.2, -0.15) is 0 Å². The molecule has 2 heterocycles. The minimum atomic E-state index is -0.302. The van der Waals surface area contributed by atoms with E-state index in [2.05, 4.69) is 17.4 Å². The van der Waals surface area contributed by atoms with Gasteiger partial charge in [0.15, 0.2) is 6.54 Å². The van der Waals surface area contributed by atoms with Gasteiger partial charge in [0.1, 0.15) is 10.8 Å². The molecule has 1 fully saturated rings. The van der Waals surface area contributed by atoms with Gasteiger partial charge in [-0.15, -0.1) is 11.3 Å². The molecular weight excluding hydrogens is 349 g/mol. The minimum Gasteiger partial charge on any atom is -0.327 e. The van der Waals surface area contributed by atoms with Crippen molar-refractivity contribution in [1.82, 2.24) is 4.98 Å². The van der Waals surface area contributed by atoms with Gasteiger partial charge >= 0.3 is 0 Å². The molecule has 0 aliphatic carbocycles. The zero-order chi connectivity index (χ0) is 17.9. The normalized spacial score (nSPS) is 20.2. The predicted molar refractivity (Wildman–Crippen MR) is 102 cm³/mol. The van der Waals surface area contributed by atoms with Crippen molar-refractivity contribution in [2.75, 3.05) is 25.0 Å². The fourth-order valence-corrected chi connectivity index (χ4v) is 4.65. The highest BCUT2D eigenvalue weighted by Crippen LogP contribution is 2.30. The number of nitrogens with one attached hydrogen (secondary N) is 2. The molecule has 1 saturated heterocycles. The average Bonchev–Trinajstić information content (AvgIpc) is 3.08. The number of fused-ring (bicyclic) bond motifs is 1. The number of nitrogens with zero attached hydrogens (tertiary/aromatic N) is 1. The number of carbonyl (C=O) groups is 1. The Labute approximate surface area is 155 Å². The number of benzene rings is 2. The molecule has 1 aromatic heterocycles. The molecule has 4 nitrogen and oxygen atoms in total. The highest BCUT2D eigenvalue weighted by Gasteiger charge is 2.28. The molecule has 26 heavy (non-hydrogen) atoms. The number of piperidine rings is 1. The fourth-order valence-electron chi connectivity index (χ4n) is 3.55. The van der Waals surface area contributed by atoms with Gasteiger partial charge in [0.05, 0.1) is 29.2 Å². The van der Waals surface area contributed by atoms with Crippen molar-refractivity contribution in [1.29, 1.82) is 0 Å². The SMILES string of the molecule is O=C(C[NH+]1CCC[C@@H](c2nc3ccccc3s2)C1)Nc1ccc(F)cc1. The average molecular weight is 370 g/mol. The molecule has 2 N–H and O–H groups in total. The van der Waals surface area contributed by atoms with Crippen LogP contribution in [0.1, 0.15) is 23.8 Å². The van der Waals surface area contributed by atoms with Crippen molar-refractivity contribution in [2.24, 2.45) is 0 Å². The van der Waals surface area contributed by atoms with Crippen molar-refractivity contribution in [2.45, 2.75) is 18.8 Å². The lowest BCUT2D eigenvalue weighted by molar-refractivity contribution is -0.898. The molecule has 0 bridgehead atoms. The number of anilines is 1. The van der Waals surface area contributed by atoms with E-state index in [9.17, 15) is 9.18 Å². The van der Waals surface area contributed by atoms with Gasteiger partial charge in [-0.3, -0.25) is 4.79 Å². The molecular formula is C20H21FN3OS+. The van der Waals surface area contributed by atoms with Crippen LogP contribution >= 0.6 is 11.3 Å². The van der Waals surface area contributed by atoms with Gasteiger partial charge in [0.25, 0.3) is 5.91 Å². The third-order valence-electron chi connectivity index (χ3n) is 4.82. The van der Waals surface area contributed by atoms with E-state index in [0.717, 1.165) is 31.4 Å². The molecule has 0 spiro atoms. The first-order chi connectivity index (χ1) is 12.7. The summed E-state index contributed by atoms with van der Waals surface area (Å²) < 4.78 is 14.2. The Morgan fingerprint density at radius 3 is 2.85 bits per heavy atom. The number of halogens is 1. The molecule has 4 rings (SSSR count). The number of thiazole rings is 1. The van der Waals surface area contributed by atoms with Crippen LogP contribution in [0.2, 0.25) is 0 Å². The van der Waals surface area contributed by atoms with Crippen LogP contribution in [0.3, 0.4) is 0 Å². The Hall–Kier alpha value is -2.31. The van der Waals surface area contributed by atoms with Gasteiger partial charge < -0.3 is 10.2 Å². The summed E-state index contributed by atoms with van der Waals surface area (Å²) in [5, 5.41) is 4.04. The quantitative estimate of drug-likeness (QED) is 0.742. The highest BCUT2D eigenvalue weighted by molar-refractivity contribution is 7.18. The molecule has 1 aliphatic rings. The summed E-state index contributed by atoms with van der Waals surface area (Å²) >= 11 is 1.77. The lowest BCUT2D eigenvalue weighted by Crippen LogP contribution is -3.14. The monoisotopic (exact) mass is 370 g/mol. The van der Waals surface area contributed by atoms with E-state index in [1.807, 2.05) is 12.1 Å². The predicted octanol–water partition coefficient (Wildman–Crippen LogP) is 2.84. The van der Waals surface area contributed by atoms with E-state index in [1.165, 1.54) is 26.7 Å². The Balaban J connectivity index is 1.38. The summed E-state index contributed by atoms with van der Waals surface area (Å²) in [6.45, 7) is 2.35. The van der Waals surface area contributed by atoms with E-state index in [4.69, 9.17) is 4.98 Å². The second kappa shape index (κ2) is 7.51. The van der Waals surface area contributed by atoms with Crippen LogP contribution in [0, 0.1) is 5.82 Å². The van der Waals surface area contributed by atoms with E-state index in [1.54, 1.807) is 23.5 Å². The second-order valence-electron chi connectivity index (χ2n) is 6.79. The maximum Gasteiger partial charge on any atom is 0.279 e. The Kier molecular flexibility index (Phi) is 4.95. The molecule has 2 aromatic carbocycles. The van der Waals surface area contributed by atoms with Crippen LogP contribution in [-0.2, 0) is 4.79 Å². The van der Waals surface area contributed by atoms with Crippen molar-refractivity contribution < 1.29 is 14.1 Å².